The molecule has 1 heterocycles. The highest BCUT2D eigenvalue weighted by atomic mass is 19.2. The van der Waals surface area contributed by atoms with E-state index in [0.717, 1.165) is 18.6 Å². The Morgan fingerprint density at radius 2 is 1.79 bits per heavy atom. The van der Waals surface area contributed by atoms with Gasteiger partial charge in [0.15, 0.2) is 17.5 Å². The van der Waals surface area contributed by atoms with E-state index in [4.69, 9.17) is 0 Å². The Hall–Kier alpha value is -2.11. The minimum atomic E-state index is -1.49. The molecule has 0 saturated carbocycles. The Morgan fingerprint density at radius 1 is 1.11 bits per heavy atom. The molecule has 0 spiro atoms. The summed E-state index contributed by atoms with van der Waals surface area (Å²) in [5.74, 6) is -3.48. The summed E-state index contributed by atoms with van der Waals surface area (Å²) < 4.78 is 39.2. The number of anilines is 1. The van der Waals surface area contributed by atoms with Gasteiger partial charge in [0.2, 0.25) is 0 Å². The van der Waals surface area contributed by atoms with Gasteiger partial charge in [-0.15, -0.1) is 0 Å². The van der Waals surface area contributed by atoms with Crippen molar-refractivity contribution in [3.05, 3.63) is 42.0 Å². The molecule has 0 fully saturated rings. The van der Waals surface area contributed by atoms with Crippen molar-refractivity contribution in [1.82, 2.24) is 9.97 Å². The summed E-state index contributed by atoms with van der Waals surface area (Å²) in [4.78, 5) is 8.10. The molecule has 1 aromatic carbocycles. The van der Waals surface area contributed by atoms with E-state index in [1.807, 2.05) is 6.92 Å². The van der Waals surface area contributed by atoms with Gasteiger partial charge >= 0.3 is 0 Å². The number of nitrogens with zero attached hydrogens (tertiary/aromatic N) is 2. The highest BCUT2D eigenvalue weighted by molar-refractivity contribution is 5.60. The van der Waals surface area contributed by atoms with E-state index in [2.05, 4.69) is 15.3 Å². The van der Waals surface area contributed by atoms with Crippen molar-refractivity contribution in [2.24, 2.45) is 0 Å². The van der Waals surface area contributed by atoms with Gasteiger partial charge in [-0.3, -0.25) is 4.98 Å². The number of hydrogen-bond donors (Lipinski definition) is 1. The summed E-state index contributed by atoms with van der Waals surface area (Å²) in [6.45, 7) is 2.71. The summed E-state index contributed by atoms with van der Waals surface area (Å²) in [7, 11) is 0. The Balaban J connectivity index is 2.36. The minimum Gasteiger partial charge on any atom is -0.369 e. The lowest BCUT2D eigenvalue weighted by Crippen LogP contribution is -2.03. The molecule has 0 saturated heterocycles. The molecule has 100 valence electrons. The lowest BCUT2D eigenvalue weighted by atomic mass is 10.1. The van der Waals surface area contributed by atoms with Crippen LogP contribution in [0.15, 0.2) is 24.5 Å². The van der Waals surface area contributed by atoms with Crippen LogP contribution in [0.5, 0.6) is 0 Å². The molecule has 0 aliphatic carbocycles. The zero-order chi connectivity index (χ0) is 13.8. The molecule has 0 bridgehead atoms. The standard InChI is InChI=1S/C13H12F3N3/c1-2-3-18-12-7-17-6-11(19-12)8-4-9(14)13(16)10(15)5-8/h4-7H,2-3H2,1H3,(H,18,19). The first-order valence-corrected chi connectivity index (χ1v) is 5.82. The van der Waals surface area contributed by atoms with Crippen molar-refractivity contribution >= 4 is 5.82 Å². The van der Waals surface area contributed by atoms with E-state index in [0.29, 0.717) is 12.4 Å². The molecule has 2 aromatic rings. The predicted octanol–water partition coefficient (Wildman–Crippen LogP) is 3.38. The van der Waals surface area contributed by atoms with Crippen LogP contribution in [-0.4, -0.2) is 16.5 Å². The second-order valence-electron chi connectivity index (χ2n) is 3.97. The van der Waals surface area contributed by atoms with Gasteiger partial charge in [0, 0.05) is 12.1 Å². The summed E-state index contributed by atoms with van der Waals surface area (Å²) in [5.41, 5.74) is 0.419. The Labute approximate surface area is 108 Å². The van der Waals surface area contributed by atoms with Crippen LogP contribution in [0.2, 0.25) is 0 Å². The Kier molecular flexibility index (Phi) is 3.99. The maximum Gasteiger partial charge on any atom is 0.194 e. The number of halogens is 3. The normalized spacial score (nSPS) is 10.5. The molecule has 2 rings (SSSR count). The maximum atomic E-state index is 13.2. The Morgan fingerprint density at radius 3 is 2.42 bits per heavy atom. The van der Waals surface area contributed by atoms with E-state index in [-0.39, 0.29) is 11.3 Å². The number of benzene rings is 1. The van der Waals surface area contributed by atoms with Crippen molar-refractivity contribution in [3.63, 3.8) is 0 Å². The third kappa shape index (κ3) is 3.01. The van der Waals surface area contributed by atoms with Gasteiger partial charge in [-0.2, -0.15) is 0 Å². The molecule has 6 heteroatoms. The molecule has 19 heavy (non-hydrogen) atoms. The van der Waals surface area contributed by atoms with Crippen LogP contribution in [0, 0.1) is 17.5 Å². The molecule has 3 nitrogen and oxygen atoms in total. The number of rotatable bonds is 4. The van der Waals surface area contributed by atoms with Gasteiger partial charge < -0.3 is 5.32 Å². The van der Waals surface area contributed by atoms with Crippen LogP contribution in [0.25, 0.3) is 11.3 Å². The van der Waals surface area contributed by atoms with E-state index in [1.54, 1.807) is 0 Å². The van der Waals surface area contributed by atoms with Crippen LogP contribution in [0.1, 0.15) is 13.3 Å². The first-order valence-electron chi connectivity index (χ1n) is 5.82. The smallest absolute Gasteiger partial charge is 0.194 e. The minimum absolute atomic E-state index is 0.143. The van der Waals surface area contributed by atoms with Crippen molar-refractivity contribution < 1.29 is 13.2 Å². The highest BCUT2D eigenvalue weighted by Crippen LogP contribution is 2.22. The molecule has 0 aliphatic rings. The van der Waals surface area contributed by atoms with Crippen molar-refractivity contribution in [1.29, 1.82) is 0 Å². The summed E-state index contributed by atoms with van der Waals surface area (Å²) in [6.07, 6.45) is 3.78. The molecule has 0 aliphatic heterocycles. The van der Waals surface area contributed by atoms with Crippen molar-refractivity contribution in [2.45, 2.75) is 13.3 Å². The maximum absolute atomic E-state index is 13.2. The zero-order valence-electron chi connectivity index (χ0n) is 10.3. The van der Waals surface area contributed by atoms with Crippen molar-refractivity contribution in [3.8, 4) is 11.3 Å². The second-order valence-corrected chi connectivity index (χ2v) is 3.97. The fraction of sp³-hybridized carbons (Fsp3) is 0.231. The van der Waals surface area contributed by atoms with Crippen molar-refractivity contribution in [2.75, 3.05) is 11.9 Å². The molecule has 0 atom stereocenters. The van der Waals surface area contributed by atoms with Gasteiger partial charge in [0.25, 0.3) is 0 Å². The average Bonchev–Trinajstić information content (AvgIpc) is 2.42. The zero-order valence-corrected chi connectivity index (χ0v) is 10.3. The first-order chi connectivity index (χ1) is 9.11. The quantitative estimate of drug-likeness (QED) is 0.863. The fourth-order valence-electron chi connectivity index (χ4n) is 1.55. The van der Waals surface area contributed by atoms with Gasteiger partial charge in [-0.05, 0) is 18.6 Å². The molecular weight excluding hydrogens is 255 g/mol. The van der Waals surface area contributed by atoms with Gasteiger partial charge in [-0.1, -0.05) is 6.92 Å². The SMILES string of the molecule is CCCNc1cncc(-c2cc(F)c(F)c(F)c2)n1. The Bertz CT molecular complexity index is 564. The fourth-order valence-corrected chi connectivity index (χ4v) is 1.55. The molecule has 0 radical (unpaired) electrons. The lowest BCUT2D eigenvalue weighted by molar-refractivity contribution is 0.447. The van der Waals surface area contributed by atoms with E-state index >= 15 is 0 Å². The summed E-state index contributed by atoms with van der Waals surface area (Å²) >= 11 is 0. The summed E-state index contributed by atoms with van der Waals surface area (Å²) in [6, 6.07) is 1.79. The second kappa shape index (κ2) is 5.69. The lowest BCUT2D eigenvalue weighted by Gasteiger charge is -2.06. The van der Waals surface area contributed by atoms with Gasteiger partial charge in [0.1, 0.15) is 5.82 Å². The molecular formula is C13H12F3N3. The number of nitrogens with one attached hydrogen (secondary N) is 1. The number of hydrogen-bond acceptors (Lipinski definition) is 3. The predicted molar refractivity (Wildman–Crippen MR) is 66.1 cm³/mol. The number of aromatic nitrogens is 2. The third-order valence-corrected chi connectivity index (χ3v) is 2.47. The van der Waals surface area contributed by atoms with E-state index in [1.165, 1.54) is 12.4 Å². The molecule has 0 amide bonds. The first kappa shape index (κ1) is 13.3. The van der Waals surface area contributed by atoms with Crippen LogP contribution in [-0.2, 0) is 0 Å². The largest absolute Gasteiger partial charge is 0.369 e. The molecule has 1 aromatic heterocycles. The molecule has 1 N–H and O–H groups in total. The highest BCUT2D eigenvalue weighted by Gasteiger charge is 2.12. The third-order valence-electron chi connectivity index (χ3n) is 2.47. The van der Waals surface area contributed by atoms with E-state index < -0.39 is 17.5 Å². The van der Waals surface area contributed by atoms with Gasteiger partial charge in [0.05, 0.1) is 18.1 Å². The van der Waals surface area contributed by atoms with E-state index in [9.17, 15) is 13.2 Å². The molecule has 0 unspecified atom stereocenters. The average molecular weight is 267 g/mol. The van der Waals surface area contributed by atoms with Crippen LogP contribution < -0.4 is 5.32 Å². The van der Waals surface area contributed by atoms with Gasteiger partial charge in [-0.25, -0.2) is 18.2 Å². The summed E-state index contributed by atoms with van der Waals surface area (Å²) in [5, 5.41) is 3.01. The van der Waals surface area contributed by atoms with Crippen LogP contribution >= 0.6 is 0 Å². The monoisotopic (exact) mass is 267 g/mol. The topological polar surface area (TPSA) is 37.8 Å². The van der Waals surface area contributed by atoms with Crippen LogP contribution in [0.4, 0.5) is 19.0 Å². The van der Waals surface area contributed by atoms with Crippen LogP contribution in [0.3, 0.4) is 0 Å².